The van der Waals surface area contributed by atoms with Crippen molar-refractivity contribution < 1.29 is 14.7 Å². The smallest absolute Gasteiger partial charge is 0.0967 e. The lowest BCUT2D eigenvalue weighted by Crippen LogP contribution is -2.64. The molecular weight excluding hydrogens is 304 g/mol. The minimum absolute atomic E-state index is 0.110. The summed E-state index contributed by atoms with van der Waals surface area (Å²) in [6.07, 6.45) is 2.82. The first-order valence-corrected chi connectivity index (χ1v) is 9.07. The molecule has 2 N–H and O–H groups in total. The Balaban J connectivity index is 2.61. The molecule has 0 aromatic heterocycles. The lowest BCUT2D eigenvalue weighted by molar-refractivity contribution is -0.299. The fourth-order valence-electron chi connectivity index (χ4n) is 3.67. The molecule has 1 aliphatic heterocycles. The maximum atomic E-state index is 9.97. The van der Waals surface area contributed by atoms with E-state index in [2.05, 4.69) is 44.7 Å². The number of hydroxylamine groups is 2. The van der Waals surface area contributed by atoms with E-state index in [0.717, 1.165) is 31.6 Å². The van der Waals surface area contributed by atoms with Crippen LogP contribution >= 0.6 is 0 Å². The van der Waals surface area contributed by atoms with Crippen LogP contribution in [0.2, 0.25) is 0 Å². The largest absolute Gasteiger partial charge is 0.499 e. The van der Waals surface area contributed by atoms with Gasteiger partial charge >= 0.3 is 0 Å². The van der Waals surface area contributed by atoms with Crippen molar-refractivity contribution in [2.45, 2.75) is 90.4 Å². The topological polar surface area (TPSA) is 54.0 Å². The fraction of sp³-hybridized carbons (Fsp3) is 0.895. The summed E-state index contributed by atoms with van der Waals surface area (Å²) in [4.78, 5) is 6.02. The number of piperidine rings is 1. The van der Waals surface area contributed by atoms with Crippen molar-refractivity contribution in [1.82, 2.24) is 10.4 Å². The Labute approximate surface area is 148 Å². The van der Waals surface area contributed by atoms with Gasteiger partial charge in [-0.05, 0) is 61.3 Å². The molecule has 1 saturated heterocycles. The van der Waals surface area contributed by atoms with Crippen LogP contribution in [0.3, 0.4) is 0 Å². The van der Waals surface area contributed by atoms with E-state index in [1.807, 2.05) is 6.92 Å². The highest BCUT2D eigenvalue weighted by Gasteiger charge is 2.46. The van der Waals surface area contributed by atoms with Crippen LogP contribution in [0.15, 0.2) is 12.3 Å². The first-order chi connectivity index (χ1) is 10.9. The summed E-state index contributed by atoms with van der Waals surface area (Å²) in [6, 6.07) is 0.423. The van der Waals surface area contributed by atoms with Gasteiger partial charge in [0.05, 0.1) is 24.6 Å². The number of hydrogen-bond acceptors (Lipinski definition) is 5. The highest BCUT2D eigenvalue weighted by Crippen LogP contribution is 2.38. The zero-order valence-corrected chi connectivity index (χ0v) is 16.7. The number of nitrogens with one attached hydrogen (secondary N) is 1. The van der Waals surface area contributed by atoms with E-state index in [0.29, 0.717) is 19.3 Å². The highest BCUT2D eigenvalue weighted by molar-refractivity contribution is 4.99. The molecule has 0 amide bonds. The molecule has 0 atom stereocenters. The first-order valence-electron chi connectivity index (χ1n) is 9.07. The van der Waals surface area contributed by atoms with Crippen LogP contribution in [-0.4, -0.2) is 52.6 Å². The molecule has 0 aliphatic carbocycles. The predicted octanol–water partition coefficient (Wildman–Crippen LogP) is 3.24. The Kier molecular flexibility index (Phi) is 7.29. The minimum Gasteiger partial charge on any atom is -0.499 e. The third kappa shape index (κ3) is 6.71. The van der Waals surface area contributed by atoms with E-state index in [1.165, 1.54) is 0 Å². The summed E-state index contributed by atoms with van der Waals surface area (Å²) in [5.41, 5.74) is -1.05. The molecule has 5 nitrogen and oxygen atoms in total. The van der Waals surface area contributed by atoms with Gasteiger partial charge in [0.15, 0.2) is 0 Å². The summed E-state index contributed by atoms with van der Waals surface area (Å²) < 4.78 is 5.41. The molecule has 1 heterocycles. The maximum absolute atomic E-state index is 9.97. The van der Waals surface area contributed by atoms with Crippen LogP contribution in [-0.2, 0) is 9.57 Å². The second-order valence-electron chi connectivity index (χ2n) is 8.79. The fourth-order valence-corrected chi connectivity index (χ4v) is 3.67. The predicted molar refractivity (Wildman–Crippen MR) is 98.7 cm³/mol. The van der Waals surface area contributed by atoms with Crippen molar-refractivity contribution in [2.24, 2.45) is 0 Å². The monoisotopic (exact) mass is 342 g/mol. The average molecular weight is 343 g/mol. The van der Waals surface area contributed by atoms with Crippen LogP contribution < -0.4 is 5.32 Å². The summed E-state index contributed by atoms with van der Waals surface area (Å²) in [6.45, 7) is 20.1. The van der Waals surface area contributed by atoms with Crippen LogP contribution in [0.4, 0.5) is 0 Å². The number of aliphatic hydroxyl groups is 1. The van der Waals surface area contributed by atoms with E-state index in [9.17, 15) is 5.11 Å². The number of nitrogens with zero attached hydrogens (tertiary/aromatic N) is 1. The molecule has 0 saturated carbocycles. The first kappa shape index (κ1) is 21.4. The average Bonchev–Trinajstić information content (AvgIpc) is 2.34. The van der Waals surface area contributed by atoms with E-state index in [4.69, 9.17) is 9.57 Å². The van der Waals surface area contributed by atoms with E-state index < -0.39 is 5.60 Å². The molecular formula is C19H38N2O3. The van der Waals surface area contributed by atoms with Crippen LogP contribution in [0.1, 0.15) is 67.7 Å². The minimum atomic E-state index is -0.832. The lowest BCUT2D eigenvalue weighted by atomic mass is 9.79. The third-order valence-corrected chi connectivity index (χ3v) is 4.32. The van der Waals surface area contributed by atoms with Gasteiger partial charge in [-0.3, -0.25) is 4.84 Å². The van der Waals surface area contributed by atoms with Crippen molar-refractivity contribution in [1.29, 1.82) is 0 Å². The zero-order chi connectivity index (χ0) is 18.6. The quantitative estimate of drug-likeness (QED) is 0.630. The van der Waals surface area contributed by atoms with Gasteiger partial charge in [-0.25, -0.2) is 0 Å². The summed E-state index contributed by atoms with van der Waals surface area (Å²) in [5.74, 6) is 0.842. The standard InChI is InChI=1S/C19H38N2O3/c1-9-23-15(2)10-11-20-16-12-17(3,4)21(18(5,6)13-16)24-14-19(7,8)22/h16,20,22H,2,9-14H2,1,3-8H3. The molecule has 0 radical (unpaired) electrons. The number of rotatable bonds is 9. The van der Waals surface area contributed by atoms with Crippen molar-refractivity contribution in [2.75, 3.05) is 19.8 Å². The lowest BCUT2D eigenvalue weighted by Gasteiger charge is -2.54. The van der Waals surface area contributed by atoms with Crippen molar-refractivity contribution >= 4 is 0 Å². The molecule has 1 rings (SSSR count). The molecule has 1 fully saturated rings. The van der Waals surface area contributed by atoms with Gasteiger partial charge in [0.2, 0.25) is 0 Å². The Hall–Kier alpha value is -0.620. The second kappa shape index (κ2) is 8.17. The SMILES string of the molecule is C=C(CCNC1CC(C)(C)N(OCC(C)(C)O)C(C)(C)C1)OCC. The number of hydrogen-bond donors (Lipinski definition) is 2. The van der Waals surface area contributed by atoms with Gasteiger partial charge < -0.3 is 15.2 Å². The van der Waals surface area contributed by atoms with Crippen molar-refractivity contribution in [3.05, 3.63) is 12.3 Å². The Morgan fingerprint density at radius 3 is 2.25 bits per heavy atom. The molecule has 0 unspecified atom stereocenters. The van der Waals surface area contributed by atoms with Crippen LogP contribution in [0.5, 0.6) is 0 Å². The molecule has 5 heteroatoms. The molecule has 24 heavy (non-hydrogen) atoms. The van der Waals surface area contributed by atoms with Gasteiger partial charge in [0.1, 0.15) is 0 Å². The molecule has 0 spiro atoms. The van der Waals surface area contributed by atoms with Crippen LogP contribution in [0, 0.1) is 0 Å². The Morgan fingerprint density at radius 1 is 1.25 bits per heavy atom. The molecule has 142 valence electrons. The van der Waals surface area contributed by atoms with E-state index >= 15 is 0 Å². The van der Waals surface area contributed by atoms with Gasteiger partial charge in [-0.1, -0.05) is 6.58 Å². The molecule has 0 aromatic rings. The van der Waals surface area contributed by atoms with E-state index in [-0.39, 0.29) is 11.1 Å². The molecule has 1 aliphatic rings. The Morgan fingerprint density at radius 2 is 1.79 bits per heavy atom. The second-order valence-corrected chi connectivity index (χ2v) is 8.79. The third-order valence-electron chi connectivity index (χ3n) is 4.32. The molecule has 0 bridgehead atoms. The number of ether oxygens (including phenoxy) is 1. The normalized spacial score (nSPS) is 21.7. The van der Waals surface area contributed by atoms with Crippen molar-refractivity contribution in [3.8, 4) is 0 Å². The molecule has 0 aromatic carbocycles. The van der Waals surface area contributed by atoms with Gasteiger partial charge in [-0.2, -0.15) is 5.06 Å². The highest BCUT2D eigenvalue weighted by atomic mass is 16.7. The maximum Gasteiger partial charge on any atom is 0.0967 e. The van der Waals surface area contributed by atoms with Crippen LogP contribution in [0.25, 0.3) is 0 Å². The van der Waals surface area contributed by atoms with Crippen molar-refractivity contribution in [3.63, 3.8) is 0 Å². The summed E-state index contributed by atoms with van der Waals surface area (Å²) >= 11 is 0. The van der Waals surface area contributed by atoms with E-state index in [1.54, 1.807) is 13.8 Å². The van der Waals surface area contributed by atoms with Gasteiger partial charge in [-0.15, -0.1) is 0 Å². The van der Waals surface area contributed by atoms with Gasteiger partial charge in [0.25, 0.3) is 0 Å². The Bertz CT molecular complexity index is 395. The van der Waals surface area contributed by atoms with Gasteiger partial charge in [0, 0.05) is 30.1 Å². The summed E-state index contributed by atoms with van der Waals surface area (Å²) in [7, 11) is 0. The summed E-state index contributed by atoms with van der Waals surface area (Å²) in [5, 5.41) is 15.7. The zero-order valence-electron chi connectivity index (χ0n) is 16.7.